The van der Waals surface area contributed by atoms with Crippen molar-refractivity contribution in [2.45, 2.75) is 32.9 Å². The Labute approximate surface area is 189 Å². The molecule has 1 atom stereocenters. The first-order valence-corrected chi connectivity index (χ1v) is 11.1. The average molecular weight is 455 g/mol. The zero-order chi connectivity index (χ0) is 22.0. The molecule has 3 heterocycles. The number of anilines is 2. The summed E-state index contributed by atoms with van der Waals surface area (Å²) >= 11 is 7.84. The van der Waals surface area contributed by atoms with E-state index in [0.29, 0.717) is 18.1 Å². The Morgan fingerprint density at radius 2 is 2.03 bits per heavy atom. The van der Waals surface area contributed by atoms with Crippen molar-refractivity contribution in [2.24, 2.45) is 5.73 Å². The van der Waals surface area contributed by atoms with Crippen LogP contribution in [-0.4, -0.2) is 16.9 Å². The summed E-state index contributed by atoms with van der Waals surface area (Å²) in [5, 5.41) is 6.65. The van der Waals surface area contributed by atoms with Gasteiger partial charge < -0.3 is 20.8 Å². The third-order valence-corrected chi connectivity index (χ3v) is 6.57. The number of amides is 1. The van der Waals surface area contributed by atoms with Crippen LogP contribution in [0.25, 0.3) is 10.2 Å². The normalized spacial score (nSPS) is 12.1. The molecule has 0 aliphatic heterocycles. The summed E-state index contributed by atoms with van der Waals surface area (Å²) in [6.07, 6.45) is 2.06. The molecule has 4 rings (SSSR count). The molecule has 0 saturated carbocycles. The molecule has 0 saturated heterocycles. The second kappa shape index (κ2) is 9.09. The number of carbonyl (C=O) groups excluding carboxylic acids is 1. The van der Waals surface area contributed by atoms with Crippen LogP contribution < -0.4 is 16.4 Å². The van der Waals surface area contributed by atoms with E-state index < -0.39 is 6.04 Å². The van der Waals surface area contributed by atoms with E-state index in [4.69, 9.17) is 21.8 Å². The number of aromatic nitrogens is 1. The molecule has 4 N–H and O–H groups in total. The monoisotopic (exact) mass is 454 g/mol. The van der Waals surface area contributed by atoms with Crippen LogP contribution >= 0.6 is 22.9 Å². The molecular formula is C23H23ClN4O2S. The van der Waals surface area contributed by atoms with E-state index in [-0.39, 0.29) is 5.91 Å². The van der Waals surface area contributed by atoms with Crippen molar-refractivity contribution in [2.75, 3.05) is 10.6 Å². The van der Waals surface area contributed by atoms with E-state index in [9.17, 15) is 4.79 Å². The van der Waals surface area contributed by atoms with Crippen LogP contribution in [-0.2, 0) is 17.8 Å². The van der Waals surface area contributed by atoms with Crippen LogP contribution in [0.5, 0.6) is 0 Å². The molecule has 0 bridgehead atoms. The van der Waals surface area contributed by atoms with E-state index in [1.165, 1.54) is 0 Å². The Bertz CT molecular complexity index is 1200. The lowest BCUT2D eigenvalue weighted by Crippen LogP contribution is -2.37. The fourth-order valence-electron chi connectivity index (χ4n) is 3.28. The number of carbonyl (C=O) groups is 1. The number of hydrogen-bond donors (Lipinski definition) is 3. The van der Waals surface area contributed by atoms with E-state index in [1.807, 2.05) is 50.2 Å². The van der Waals surface area contributed by atoms with Gasteiger partial charge in [0, 0.05) is 23.1 Å². The van der Waals surface area contributed by atoms with Gasteiger partial charge in [-0.25, -0.2) is 4.98 Å². The first-order valence-electron chi connectivity index (χ1n) is 9.88. The van der Waals surface area contributed by atoms with Crippen LogP contribution in [0, 0.1) is 13.8 Å². The number of furan rings is 1. The van der Waals surface area contributed by atoms with Crippen molar-refractivity contribution >= 4 is 50.4 Å². The number of thiophene rings is 1. The maximum atomic E-state index is 12.6. The highest BCUT2D eigenvalue weighted by Crippen LogP contribution is 2.37. The summed E-state index contributed by atoms with van der Waals surface area (Å²) in [6.45, 7) is 4.52. The average Bonchev–Trinajstić information content (AvgIpc) is 3.37. The molecule has 0 aliphatic carbocycles. The lowest BCUT2D eigenvalue weighted by atomic mass is 10.1. The second-order valence-electron chi connectivity index (χ2n) is 7.42. The van der Waals surface area contributed by atoms with Crippen LogP contribution in [0.15, 0.2) is 53.1 Å². The standard InChI is InChI=1S/C23H23ClN4O2S/c1-13-5-7-15(8-6-13)27-23(29)17(25)10-19-14(2)21-22(31-19)18(11-20(24)28-21)26-12-16-4-3-9-30-16/h3-9,11,17H,10,12,25H2,1-2H3,(H,26,28)(H,27,29). The number of nitrogens with zero attached hydrogens (tertiary/aromatic N) is 1. The SMILES string of the molecule is Cc1ccc(NC(=O)C(N)Cc2sc3c(NCc4ccco4)cc(Cl)nc3c2C)cc1. The molecule has 160 valence electrons. The lowest BCUT2D eigenvalue weighted by Gasteiger charge is -2.12. The molecule has 0 radical (unpaired) electrons. The van der Waals surface area contributed by atoms with E-state index in [1.54, 1.807) is 23.7 Å². The van der Waals surface area contributed by atoms with Gasteiger partial charge in [0.1, 0.15) is 10.9 Å². The Morgan fingerprint density at radius 1 is 1.26 bits per heavy atom. The number of nitrogens with two attached hydrogens (primary N) is 1. The van der Waals surface area contributed by atoms with Gasteiger partial charge in [0.05, 0.1) is 34.8 Å². The molecule has 0 spiro atoms. The summed E-state index contributed by atoms with van der Waals surface area (Å²) in [6, 6.07) is 12.5. The van der Waals surface area contributed by atoms with Gasteiger partial charge in [0.25, 0.3) is 0 Å². The largest absolute Gasteiger partial charge is 0.467 e. The van der Waals surface area contributed by atoms with Gasteiger partial charge in [-0.1, -0.05) is 29.3 Å². The molecule has 1 unspecified atom stereocenters. The molecule has 0 fully saturated rings. The van der Waals surface area contributed by atoms with Crippen molar-refractivity contribution in [1.82, 2.24) is 4.98 Å². The first kappa shape index (κ1) is 21.4. The lowest BCUT2D eigenvalue weighted by molar-refractivity contribution is -0.117. The van der Waals surface area contributed by atoms with Gasteiger partial charge in [0.15, 0.2) is 0 Å². The number of halogens is 1. The maximum absolute atomic E-state index is 12.6. The third kappa shape index (κ3) is 4.90. The maximum Gasteiger partial charge on any atom is 0.241 e. The van der Waals surface area contributed by atoms with Gasteiger partial charge in [0.2, 0.25) is 5.91 Å². The van der Waals surface area contributed by atoms with Gasteiger partial charge in [-0.3, -0.25) is 4.79 Å². The zero-order valence-corrected chi connectivity index (χ0v) is 18.8. The Hall–Kier alpha value is -2.87. The number of aryl methyl sites for hydroxylation is 2. The third-order valence-electron chi connectivity index (χ3n) is 5.03. The Kier molecular flexibility index (Phi) is 6.27. The van der Waals surface area contributed by atoms with Crippen molar-refractivity contribution in [3.8, 4) is 0 Å². The molecule has 3 aromatic heterocycles. The number of fused-ring (bicyclic) bond motifs is 1. The molecule has 6 nitrogen and oxygen atoms in total. The smallest absolute Gasteiger partial charge is 0.241 e. The summed E-state index contributed by atoms with van der Waals surface area (Å²) in [5.41, 5.74) is 10.8. The minimum atomic E-state index is -0.678. The molecule has 4 aromatic rings. The quantitative estimate of drug-likeness (QED) is 0.330. The summed E-state index contributed by atoms with van der Waals surface area (Å²) in [4.78, 5) is 18.1. The van der Waals surface area contributed by atoms with E-state index in [2.05, 4.69) is 15.6 Å². The minimum absolute atomic E-state index is 0.220. The number of hydrogen-bond acceptors (Lipinski definition) is 6. The minimum Gasteiger partial charge on any atom is -0.467 e. The summed E-state index contributed by atoms with van der Waals surface area (Å²) < 4.78 is 6.37. The fraction of sp³-hybridized carbons (Fsp3) is 0.217. The number of pyridine rings is 1. The predicted octanol–water partition coefficient (Wildman–Crippen LogP) is 5.28. The fourth-order valence-corrected chi connectivity index (χ4v) is 4.77. The number of rotatable bonds is 7. The second-order valence-corrected chi connectivity index (χ2v) is 8.91. The molecular weight excluding hydrogens is 432 g/mol. The predicted molar refractivity (Wildman–Crippen MR) is 127 cm³/mol. The van der Waals surface area contributed by atoms with Crippen molar-refractivity contribution in [1.29, 1.82) is 0 Å². The highest BCUT2D eigenvalue weighted by Gasteiger charge is 2.20. The highest BCUT2D eigenvalue weighted by molar-refractivity contribution is 7.19. The highest BCUT2D eigenvalue weighted by atomic mass is 35.5. The van der Waals surface area contributed by atoms with Crippen LogP contribution in [0.1, 0.15) is 21.8 Å². The number of benzene rings is 1. The van der Waals surface area contributed by atoms with Gasteiger partial charge in [-0.05, 0) is 43.7 Å². The van der Waals surface area contributed by atoms with Crippen molar-refractivity contribution in [3.63, 3.8) is 0 Å². The Balaban J connectivity index is 1.53. The van der Waals surface area contributed by atoms with Crippen molar-refractivity contribution < 1.29 is 9.21 Å². The number of nitrogens with one attached hydrogen (secondary N) is 2. The molecule has 1 amide bonds. The zero-order valence-electron chi connectivity index (χ0n) is 17.2. The van der Waals surface area contributed by atoms with Gasteiger partial charge in [-0.15, -0.1) is 11.3 Å². The molecule has 1 aromatic carbocycles. The molecule has 0 aliphatic rings. The van der Waals surface area contributed by atoms with Crippen LogP contribution in [0.2, 0.25) is 5.15 Å². The van der Waals surface area contributed by atoms with E-state index in [0.717, 1.165) is 43.4 Å². The van der Waals surface area contributed by atoms with E-state index >= 15 is 0 Å². The van der Waals surface area contributed by atoms with Gasteiger partial charge in [-0.2, -0.15) is 0 Å². The topological polar surface area (TPSA) is 93.2 Å². The van der Waals surface area contributed by atoms with Crippen molar-refractivity contribution in [3.05, 3.63) is 75.6 Å². The van der Waals surface area contributed by atoms with Crippen LogP contribution in [0.4, 0.5) is 11.4 Å². The summed E-state index contributed by atoms with van der Waals surface area (Å²) in [5.74, 6) is 0.604. The Morgan fingerprint density at radius 3 is 2.74 bits per heavy atom. The van der Waals surface area contributed by atoms with Crippen LogP contribution in [0.3, 0.4) is 0 Å². The molecule has 31 heavy (non-hydrogen) atoms. The van der Waals surface area contributed by atoms with Gasteiger partial charge >= 0.3 is 0 Å². The summed E-state index contributed by atoms with van der Waals surface area (Å²) in [7, 11) is 0. The first-order chi connectivity index (χ1) is 14.9. The molecule has 8 heteroatoms.